The number of fused-ring (bicyclic) bond motifs is 7. The zero-order valence-electron chi connectivity index (χ0n) is 21.6. The van der Waals surface area contributed by atoms with Crippen LogP contribution in [-0.2, 0) is 4.74 Å². The van der Waals surface area contributed by atoms with Gasteiger partial charge in [-0.05, 0) is 119 Å². The summed E-state index contributed by atoms with van der Waals surface area (Å²) in [4.78, 5) is 0. The maximum Gasteiger partial charge on any atom is 0.0654 e. The lowest BCUT2D eigenvalue weighted by Crippen LogP contribution is -2.68. The summed E-state index contributed by atoms with van der Waals surface area (Å²) in [6.45, 7) is 18.7. The molecule has 0 N–H and O–H groups in total. The van der Waals surface area contributed by atoms with Gasteiger partial charge in [-0.25, -0.2) is 0 Å². The van der Waals surface area contributed by atoms with Crippen molar-refractivity contribution in [2.24, 2.45) is 39.4 Å². The van der Waals surface area contributed by atoms with Gasteiger partial charge in [0.2, 0.25) is 0 Å². The van der Waals surface area contributed by atoms with E-state index in [2.05, 4.69) is 54.5 Å². The van der Waals surface area contributed by atoms with Gasteiger partial charge in [0.15, 0.2) is 0 Å². The fourth-order valence-corrected chi connectivity index (χ4v) is 10.2. The molecular weight excluding hydrogens is 376 g/mol. The van der Waals surface area contributed by atoms with Crippen LogP contribution >= 0.6 is 0 Å². The smallest absolute Gasteiger partial charge is 0.0654 e. The molecule has 31 heavy (non-hydrogen) atoms. The highest BCUT2D eigenvalue weighted by atomic mass is 16.5. The molecule has 5 rings (SSSR count). The summed E-state index contributed by atoms with van der Waals surface area (Å²) in [5, 5.41) is 0. The lowest BCUT2D eigenvalue weighted by molar-refractivity contribution is -0.292. The summed E-state index contributed by atoms with van der Waals surface area (Å²) >= 11 is 0. The molecule has 1 heterocycles. The molecule has 4 saturated carbocycles. The molecule has 1 heteroatoms. The van der Waals surface area contributed by atoms with Crippen LogP contribution in [0, 0.1) is 39.4 Å². The van der Waals surface area contributed by atoms with Crippen LogP contribution in [-0.4, -0.2) is 12.7 Å². The van der Waals surface area contributed by atoms with Crippen molar-refractivity contribution in [2.45, 2.75) is 119 Å². The van der Waals surface area contributed by atoms with Crippen molar-refractivity contribution < 1.29 is 4.74 Å². The molecule has 0 aromatic heterocycles. The molecule has 5 aliphatic rings. The van der Waals surface area contributed by atoms with E-state index in [0.717, 1.165) is 24.4 Å². The van der Waals surface area contributed by atoms with Gasteiger partial charge in [0, 0.05) is 5.41 Å². The number of hydrogen-bond acceptors (Lipinski definition) is 1. The summed E-state index contributed by atoms with van der Waals surface area (Å²) in [5.41, 5.74) is 7.08. The van der Waals surface area contributed by atoms with Crippen LogP contribution in [0.25, 0.3) is 0 Å². The quantitative estimate of drug-likeness (QED) is 0.413. The standard InChI is InChI=1S/C30H48O/c1-20(2)9-8-10-21(3)22-13-17-29(6)23(22)11-12-25-27(4)16-15-26-28(5,19-31-26)24(27)14-18-30(25,29)7/h9,23-26H,8,10-19H2,1-7H3/b22-21-/t23-,24+,25-,26-,27-,28+,29-,30-/m0/s1. The molecule has 1 saturated heterocycles. The van der Waals surface area contributed by atoms with E-state index in [1.807, 2.05) is 5.57 Å². The average Bonchev–Trinajstić information content (AvgIpc) is 3.04. The van der Waals surface area contributed by atoms with Crippen molar-refractivity contribution in [3.05, 3.63) is 22.8 Å². The van der Waals surface area contributed by atoms with E-state index in [-0.39, 0.29) is 0 Å². The Balaban J connectivity index is 1.44. The van der Waals surface area contributed by atoms with Crippen molar-refractivity contribution in [3.63, 3.8) is 0 Å². The molecule has 0 unspecified atom stereocenters. The predicted octanol–water partition coefficient (Wildman–Crippen LogP) is 8.50. The molecule has 1 aliphatic heterocycles. The molecule has 0 radical (unpaired) electrons. The average molecular weight is 425 g/mol. The van der Waals surface area contributed by atoms with E-state index >= 15 is 0 Å². The first-order valence-corrected chi connectivity index (χ1v) is 13.5. The molecular formula is C30H48O. The highest BCUT2D eigenvalue weighted by Crippen LogP contribution is 2.76. The highest BCUT2D eigenvalue weighted by molar-refractivity contribution is 5.29. The van der Waals surface area contributed by atoms with E-state index in [1.165, 1.54) is 69.8 Å². The van der Waals surface area contributed by atoms with Crippen molar-refractivity contribution in [1.29, 1.82) is 0 Å². The summed E-state index contributed by atoms with van der Waals surface area (Å²) in [5.74, 6) is 2.64. The molecule has 0 aromatic rings. The van der Waals surface area contributed by atoms with E-state index < -0.39 is 0 Å². The fraction of sp³-hybridized carbons (Fsp3) is 0.867. The third kappa shape index (κ3) is 2.90. The SMILES string of the molecule is CC(C)=CCC/C(C)=C1/CC[C@@]2(C)[C@H]1CC[C@H]1[C@@]3(C)CC[C@@H]4OC[C@]4(C)[C@@H]3CC[C@@]12C. The molecule has 4 aliphatic carbocycles. The molecule has 1 nitrogen and oxygen atoms in total. The minimum Gasteiger partial charge on any atom is -0.377 e. The second kappa shape index (κ2) is 7.22. The molecule has 0 aromatic carbocycles. The van der Waals surface area contributed by atoms with Crippen LogP contribution in [0.15, 0.2) is 22.8 Å². The van der Waals surface area contributed by atoms with Crippen LogP contribution in [0.2, 0.25) is 0 Å². The van der Waals surface area contributed by atoms with E-state index in [9.17, 15) is 0 Å². The van der Waals surface area contributed by atoms with Crippen LogP contribution in [0.4, 0.5) is 0 Å². The van der Waals surface area contributed by atoms with Gasteiger partial charge >= 0.3 is 0 Å². The van der Waals surface area contributed by atoms with Crippen molar-refractivity contribution in [3.8, 4) is 0 Å². The van der Waals surface area contributed by atoms with E-state index in [0.29, 0.717) is 27.8 Å². The third-order valence-corrected chi connectivity index (χ3v) is 12.2. The van der Waals surface area contributed by atoms with Crippen LogP contribution < -0.4 is 0 Å². The van der Waals surface area contributed by atoms with Crippen molar-refractivity contribution in [1.82, 2.24) is 0 Å². The highest BCUT2D eigenvalue weighted by Gasteiger charge is 2.70. The summed E-state index contributed by atoms with van der Waals surface area (Å²) in [6, 6.07) is 0. The number of hydrogen-bond donors (Lipinski definition) is 0. The topological polar surface area (TPSA) is 9.23 Å². The Morgan fingerprint density at radius 2 is 1.65 bits per heavy atom. The van der Waals surface area contributed by atoms with Gasteiger partial charge in [0.25, 0.3) is 0 Å². The first-order valence-electron chi connectivity index (χ1n) is 13.5. The first kappa shape index (κ1) is 22.2. The minimum atomic E-state index is 0.467. The first-order chi connectivity index (χ1) is 14.6. The fourth-order valence-electron chi connectivity index (χ4n) is 10.2. The second-order valence-corrected chi connectivity index (χ2v) is 13.6. The number of ether oxygens (including phenoxy) is 1. The Hall–Kier alpha value is -0.560. The Kier molecular flexibility index (Phi) is 5.18. The molecule has 0 bridgehead atoms. The molecule has 0 spiro atoms. The van der Waals surface area contributed by atoms with Gasteiger partial charge in [-0.2, -0.15) is 0 Å². The largest absolute Gasteiger partial charge is 0.377 e. The maximum absolute atomic E-state index is 6.06. The van der Waals surface area contributed by atoms with Gasteiger partial charge in [-0.3, -0.25) is 0 Å². The molecule has 5 fully saturated rings. The van der Waals surface area contributed by atoms with Crippen molar-refractivity contribution in [2.75, 3.05) is 6.61 Å². The Morgan fingerprint density at radius 1 is 0.871 bits per heavy atom. The monoisotopic (exact) mass is 424 g/mol. The summed E-state index contributed by atoms with van der Waals surface area (Å²) in [7, 11) is 0. The lowest BCUT2D eigenvalue weighted by Gasteiger charge is -2.72. The zero-order valence-corrected chi connectivity index (χ0v) is 21.6. The lowest BCUT2D eigenvalue weighted by atomic mass is 9.35. The normalized spacial score (nSPS) is 52.2. The van der Waals surface area contributed by atoms with Crippen LogP contribution in [0.3, 0.4) is 0 Å². The van der Waals surface area contributed by atoms with E-state index in [1.54, 1.807) is 5.57 Å². The molecule has 174 valence electrons. The van der Waals surface area contributed by atoms with Crippen LogP contribution in [0.5, 0.6) is 0 Å². The van der Waals surface area contributed by atoms with Gasteiger partial charge < -0.3 is 4.74 Å². The van der Waals surface area contributed by atoms with Crippen molar-refractivity contribution >= 4 is 0 Å². The van der Waals surface area contributed by atoms with Gasteiger partial charge in [0.1, 0.15) is 0 Å². The predicted molar refractivity (Wildman–Crippen MR) is 131 cm³/mol. The molecule has 8 atom stereocenters. The van der Waals surface area contributed by atoms with Gasteiger partial charge in [-0.1, -0.05) is 50.5 Å². The Morgan fingerprint density at radius 3 is 2.32 bits per heavy atom. The minimum absolute atomic E-state index is 0.467. The molecule has 0 amide bonds. The zero-order chi connectivity index (χ0) is 22.2. The third-order valence-electron chi connectivity index (χ3n) is 12.2. The Bertz CT molecular complexity index is 801. The Labute approximate surface area is 192 Å². The number of rotatable bonds is 3. The van der Waals surface area contributed by atoms with E-state index in [4.69, 9.17) is 4.74 Å². The summed E-state index contributed by atoms with van der Waals surface area (Å²) in [6.07, 6.45) is 16.8. The summed E-state index contributed by atoms with van der Waals surface area (Å²) < 4.78 is 6.06. The van der Waals surface area contributed by atoms with Crippen LogP contribution in [0.1, 0.15) is 113 Å². The second-order valence-electron chi connectivity index (χ2n) is 13.6. The van der Waals surface area contributed by atoms with Gasteiger partial charge in [0.05, 0.1) is 12.7 Å². The number of allylic oxidation sites excluding steroid dienone is 4. The maximum atomic E-state index is 6.06. The van der Waals surface area contributed by atoms with Gasteiger partial charge in [-0.15, -0.1) is 0 Å².